The maximum Gasteiger partial charge on any atom is 0.269 e. The first-order valence-corrected chi connectivity index (χ1v) is 15.9. The average molecular weight is 613 g/mol. The van der Waals surface area contributed by atoms with Crippen molar-refractivity contribution in [2.45, 2.75) is 95.4 Å². The third kappa shape index (κ3) is 8.20. The van der Waals surface area contributed by atoms with Gasteiger partial charge in [-0.1, -0.05) is 86.3 Å². The van der Waals surface area contributed by atoms with Gasteiger partial charge in [0.05, 0.1) is 37.5 Å². The van der Waals surface area contributed by atoms with Gasteiger partial charge in [0.15, 0.2) is 0 Å². The number of amides is 2. The molecule has 0 saturated heterocycles. The quantitative estimate of drug-likeness (QED) is 0.218. The summed E-state index contributed by atoms with van der Waals surface area (Å²) in [5.41, 5.74) is 2.79. The molecule has 3 N–H and O–H groups in total. The molecule has 4 atom stereocenters. The molecular weight excluding hydrogens is 572 g/mol. The molecule has 2 saturated carbocycles. The maximum atomic E-state index is 13.7. The SMILES string of the molecule is O=C(Cn1nc(-c2nn[nH]n2)cc1C(=O)NC1CCCCC1OCc1ccccc1)N[C@H]1CCCC[C@@H]1OCc1ccccc1. The molecule has 12 nitrogen and oxygen atoms in total. The van der Waals surface area contributed by atoms with E-state index in [2.05, 4.69) is 36.4 Å². The Bertz CT molecular complexity index is 1510. The maximum absolute atomic E-state index is 13.7. The fourth-order valence-electron chi connectivity index (χ4n) is 6.21. The minimum Gasteiger partial charge on any atom is -0.371 e. The summed E-state index contributed by atoms with van der Waals surface area (Å²) in [6.07, 6.45) is 7.30. The fourth-order valence-corrected chi connectivity index (χ4v) is 6.21. The van der Waals surface area contributed by atoms with Gasteiger partial charge in [0.2, 0.25) is 11.7 Å². The van der Waals surface area contributed by atoms with Gasteiger partial charge < -0.3 is 20.1 Å². The Morgan fingerprint density at radius 3 is 1.96 bits per heavy atom. The van der Waals surface area contributed by atoms with E-state index in [1.165, 1.54) is 4.68 Å². The number of carbonyl (C=O) groups excluding carboxylic acids is 2. The van der Waals surface area contributed by atoms with Crippen molar-refractivity contribution in [3.63, 3.8) is 0 Å². The van der Waals surface area contributed by atoms with Crippen LogP contribution in [0.2, 0.25) is 0 Å². The van der Waals surface area contributed by atoms with Crippen molar-refractivity contribution >= 4 is 11.8 Å². The molecule has 0 aliphatic heterocycles. The number of benzene rings is 2. The molecule has 2 aromatic heterocycles. The molecule has 2 aliphatic carbocycles. The van der Waals surface area contributed by atoms with E-state index in [4.69, 9.17) is 9.47 Å². The van der Waals surface area contributed by atoms with Crippen LogP contribution in [0.1, 0.15) is 73.0 Å². The van der Waals surface area contributed by atoms with Crippen molar-refractivity contribution in [1.29, 1.82) is 0 Å². The summed E-state index contributed by atoms with van der Waals surface area (Å²) in [7, 11) is 0. The lowest BCUT2D eigenvalue weighted by atomic mass is 9.92. The van der Waals surface area contributed by atoms with Crippen LogP contribution in [0.4, 0.5) is 0 Å². The van der Waals surface area contributed by atoms with Crippen molar-refractivity contribution in [1.82, 2.24) is 41.0 Å². The van der Waals surface area contributed by atoms with Crippen LogP contribution in [0, 0.1) is 0 Å². The van der Waals surface area contributed by atoms with Gasteiger partial charge >= 0.3 is 0 Å². The zero-order valence-electron chi connectivity index (χ0n) is 25.3. The minimum absolute atomic E-state index is 0.0858. The molecule has 0 radical (unpaired) electrons. The molecule has 2 aromatic carbocycles. The Morgan fingerprint density at radius 1 is 0.800 bits per heavy atom. The molecule has 2 aliphatic rings. The van der Waals surface area contributed by atoms with Crippen molar-refractivity contribution in [2.75, 3.05) is 0 Å². The summed E-state index contributed by atoms with van der Waals surface area (Å²) in [6.45, 7) is 0.836. The van der Waals surface area contributed by atoms with Crippen molar-refractivity contribution in [3.8, 4) is 11.5 Å². The topological polar surface area (TPSA) is 149 Å². The summed E-state index contributed by atoms with van der Waals surface area (Å²) in [6, 6.07) is 21.4. The molecule has 45 heavy (non-hydrogen) atoms. The number of rotatable bonds is 12. The lowest BCUT2D eigenvalue weighted by Gasteiger charge is -2.32. The zero-order chi connectivity index (χ0) is 30.8. The zero-order valence-corrected chi connectivity index (χ0v) is 25.3. The number of hydrogen-bond acceptors (Lipinski definition) is 8. The molecule has 2 heterocycles. The van der Waals surface area contributed by atoms with Gasteiger partial charge in [-0.2, -0.15) is 10.3 Å². The predicted molar refractivity (Wildman–Crippen MR) is 166 cm³/mol. The molecule has 236 valence electrons. The second-order valence-electron chi connectivity index (χ2n) is 11.8. The lowest BCUT2D eigenvalue weighted by Crippen LogP contribution is -2.48. The van der Waals surface area contributed by atoms with Gasteiger partial charge in [0.1, 0.15) is 17.9 Å². The first kappa shape index (κ1) is 30.6. The number of carbonyl (C=O) groups is 2. The molecule has 12 heteroatoms. The van der Waals surface area contributed by atoms with Crippen LogP contribution < -0.4 is 10.6 Å². The van der Waals surface area contributed by atoms with E-state index < -0.39 is 0 Å². The van der Waals surface area contributed by atoms with E-state index in [1.807, 2.05) is 60.7 Å². The molecule has 2 unspecified atom stereocenters. The number of hydrogen-bond donors (Lipinski definition) is 3. The second-order valence-corrected chi connectivity index (χ2v) is 11.8. The highest BCUT2D eigenvalue weighted by molar-refractivity contribution is 5.94. The normalized spacial score (nSPS) is 21.7. The van der Waals surface area contributed by atoms with Crippen molar-refractivity contribution < 1.29 is 19.1 Å². The van der Waals surface area contributed by atoms with Crippen LogP contribution in [0.15, 0.2) is 66.7 Å². The van der Waals surface area contributed by atoms with E-state index in [-0.39, 0.29) is 54.2 Å². The van der Waals surface area contributed by atoms with Gasteiger partial charge in [-0.05, 0) is 42.0 Å². The number of tetrazole rings is 1. The Labute approximate surface area is 262 Å². The van der Waals surface area contributed by atoms with Crippen LogP contribution >= 0.6 is 0 Å². The monoisotopic (exact) mass is 612 g/mol. The number of aromatic nitrogens is 6. The molecule has 0 spiro atoms. The van der Waals surface area contributed by atoms with Gasteiger partial charge in [-0.25, -0.2) is 4.68 Å². The molecule has 6 rings (SSSR count). The highest BCUT2D eigenvalue weighted by Crippen LogP contribution is 2.25. The molecule has 4 aromatic rings. The first-order chi connectivity index (χ1) is 22.1. The smallest absolute Gasteiger partial charge is 0.269 e. The Kier molecular flexibility index (Phi) is 10.2. The van der Waals surface area contributed by atoms with E-state index in [9.17, 15) is 9.59 Å². The molecular formula is C33H40N8O4. The van der Waals surface area contributed by atoms with Crippen molar-refractivity contribution in [3.05, 3.63) is 83.6 Å². The average Bonchev–Trinajstić information content (AvgIpc) is 3.76. The fraction of sp³-hybridized carbons (Fsp3) is 0.455. The number of nitrogens with zero attached hydrogens (tertiary/aromatic N) is 5. The Hall–Kier alpha value is -4.42. The van der Waals surface area contributed by atoms with E-state index in [0.29, 0.717) is 18.9 Å². The third-order valence-corrected chi connectivity index (χ3v) is 8.56. The number of ether oxygens (including phenoxy) is 2. The highest BCUT2D eigenvalue weighted by atomic mass is 16.5. The lowest BCUT2D eigenvalue weighted by molar-refractivity contribution is -0.124. The van der Waals surface area contributed by atoms with E-state index in [0.717, 1.165) is 62.5 Å². The van der Waals surface area contributed by atoms with Crippen molar-refractivity contribution in [2.24, 2.45) is 0 Å². The summed E-state index contributed by atoms with van der Waals surface area (Å²) in [5.74, 6) is -0.327. The number of aromatic amines is 1. The van der Waals surface area contributed by atoms with Crippen LogP contribution in [-0.2, 0) is 34.0 Å². The molecule has 2 fully saturated rings. The standard InChI is InChI=1S/C33H40N8O4/c42-31(34-25-15-7-9-17-29(25)44-21-23-11-3-1-4-12-23)20-41-28(19-27(38-41)32-36-39-40-37-32)33(43)35-26-16-8-10-18-30(26)45-22-24-13-5-2-6-14-24/h1-6,11-14,19,25-26,29-30H,7-10,15-18,20-22H2,(H,34,42)(H,35,43)(H,36,37,39,40)/t25-,26?,29-,30?/m0/s1. The van der Waals surface area contributed by atoms with Gasteiger partial charge in [-0.15, -0.1) is 10.2 Å². The third-order valence-electron chi connectivity index (χ3n) is 8.56. The Balaban J connectivity index is 1.12. The highest BCUT2D eigenvalue weighted by Gasteiger charge is 2.31. The second kappa shape index (κ2) is 15.0. The molecule has 2 amide bonds. The first-order valence-electron chi connectivity index (χ1n) is 15.9. The number of H-pyrrole nitrogens is 1. The largest absolute Gasteiger partial charge is 0.371 e. The summed E-state index contributed by atoms with van der Waals surface area (Å²) in [5, 5.41) is 24.9. The predicted octanol–water partition coefficient (Wildman–Crippen LogP) is 3.97. The van der Waals surface area contributed by atoms with E-state index >= 15 is 0 Å². The van der Waals surface area contributed by atoms with Crippen LogP contribution in [0.5, 0.6) is 0 Å². The summed E-state index contributed by atoms with van der Waals surface area (Å²) < 4.78 is 13.9. The van der Waals surface area contributed by atoms with Crippen LogP contribution in [-0.4, -0.2) is 66.5 Å². The van der Waals surface area contributed by atoms with Gasteiger partial charge in [-0.3, -0.25) is 9.59 Å². The molecule has 0 bridgehead atoms. The summed E-state index contributed by atoms with van der Waals surface area (Å²) >= 11 is 0. The summed E-state index contributed by atoms with van der Waals surface area (Å²) in [4.78, 5) is 27.1. The van der Waals surface area contributed by atoms with Crippen LogP contribution in [0.3, 0.4) is 0 Å². The minimum atomic E-state index is -0.327. The number of nitrogens with one attached hydrogen (secondary N) is 3. The van der Waals surface area contributed by atoms with Gasteiger partial charge in [0, 0.05) is 6.07 Å². The Morgan fingerprint density at radius 2 is 1.38 bits per heavy atom. The van der Waals surface area contributed by atoms with Crippen LogP contribution in [0.25, 0.3) is 11.5 Å². The van der Waals surface area contributed by atoms with E-state index in [1.54, 1.807) is 6.07 Å². The van der Waals surface area contributed by atoms with Gasteiger partial charge in [0.25, 0.3) is 5.91 Å².